The van der Waals surface area contributed by atoms with Crippen LogP contribution in [0.1, 0.15) is 19.3 Å². The first-order valence-electron chi connectivity index (χ1n) is 9.28. The Morgan fingerprint density at radius 1 is 1.04 bits per heavy atom. The summed E-state index contributed by atoms with van der Waals surface area (Å²) < 4.78 is 0. The number of piperidine rings is 1. The van der Waals surface area contributed by atoms with E-state index in [0.29, 0.717) is 32.4 Å². The van der Waals surface area contributed by atoms with Gasteiger partial charge in [0.15, 0.2) is 5.96 Å². The summed E-state index contributed by atoms with van der Waals surface area (Å²) in [5.74, 6) is 0.707. The van der Waals surface area contributed by atoms with E-state index in [9.17, 15) is 9.59 Å². The number of para-hydroxylation sites is 1. The number of rotatable bonds is 4. The van der Waals surface area contributed by atoms with Crippen LogP contribution in [0.4, 0.5) is 5.69 Å². The number of imide groups is 1. The minimum Gasteiger partial charge on any atom is -0.368 e. The summed E-state index contributed by atoms with van der Waals surface area (Å²) in [5, 5.41) is 3.29. The van der Waals surface area contributed by atoms with Crippen molar-refractivity contribution in [2.45, 2.75) is 19.3 Å². The van der Waals surface area contributed by atoms with E-state index in [1.807, 2.05) is 6.07 Å². The third-order valence-corrected chi connectivity index (χ3v) is 4.91. The number of hydrogen-bond donors (Lipinski definition) is 1. The van der Waals surface area contributed by atoms with Gasteiger partial charge < -0.3 is 15.1 Å². The molecule has 0 spiro atoms. The van der Waals surface area contributed by atoms with Crippen molar-refractivity contribution in [2.75, 3.05) is 51.2 Å². The summed E-state index contributed by atoms with van der Waals surface area (Å²) >= 11 is 0. The first-order chi connectivity index (χ1) is 12.7. The first-order valence-corrected chi connectivity index (χ1v) is 9.28. The Kier molecular flexibility index (Phi) is 6.09. The van der Waals surface area contributed by atoms with Crippen molar-refractivity contribution in [3.8, 4) is 0 Å². The van der Waals surface area contributed by atoms with Crippen molar-refractivity contribution < 1.29 is 9.59 Å². The lowest BCUT2D eigenvalue weighted by atomic mass is 10.1. The van der Waals surface area contributed by atoms with Gasteiger partial charge in [-0.1, -0.05) is 18.2 Å². The molecule has 2 amide bonds. The van der Waals surface area contributed by atoms with Crippen LogP contribution in [0.25, 0.3) is 0 Å². The summed E-state index contributed by atoms with van der Waals surface area (Å²) in [4.78, 5) is 34.0. The minimum absolute atomic E-state index is 0.0606. The van der Waals surface area contributed by atoms with Crippen LogP contribution in [0.3, 0.4) is 0 Å². The van der Waals surface area contributed by atoms with Gasteiger partial charge >= 0.3 is 0 Å². The number of hydrogen-bond acceptors (Lipinski definition) is 4. The SMILES string of the molecule is CN=C(NCCN1C(=O)CCCC1=O)N1CCN(c2ccccc2)CC1. The third kappa shape index (κ3) is 4.33. The van der Waals surface area contributed by atoms with Gasteiger partial charge in [-0.15, -0.1) is 0 Å². The molecule has 0 bridgehead atoms. The number of guanidine groups is 1. The van der Waals surface area contributed by atoms with E-state index in [0.717, 1.165) is 32.1 Å². The lowest BCUT2D eigenvalue weighted by molar-refractivity contribution is -0.147. The maximum atomic E-state index is 11.9. The molecule has 0 aliphatic carbocycles. The molecule has 2 heterocycles. The van der Waals surface area contributed by atoms with E-state index in [-0.39, 0.29) is 11.8 Å². The van der Waals surface area contributed by atoms with Gasteiger partial charge in [0.2, 0.25) is 11.8 Å². The third-order valence-electron chi connectivity index (χ3n) is 4.91. The Labute approximate surface area is 154 Å². The number of carbonyl (C=O) groups is 2. The van der Waals surface area contributed by atoms with Gasteiger partial charge in [-0.25, -0.2) is 0 Å². The molecule has 2 fully saturated rings. The molecule has 7 heteroatoms. The normalized spacial score (nSPS) is 19.1. The Morgan fingerprint density at radius 2 is 1.69 bits per heavy atom. The maximum Gasteiger partial charge on any atom is 0.229 e. The van der Waals surface area contributed by atoms with Gasteiger partial charge in [-0.3, -0.25) is 19.5 Å². The van der Waals surface area contributed by atoms with Crippen molar-refractivity contribution in [1.29, 1.82) is 0 Å². The molecular formula is C19H27N5O2. The molecular weight excluding hydrogens is 330 g/mol. The van der Waals surface area contributed by atoms with Gasteiger partial charge in [0.05, 0.1) is 0 Å². The first kappa shape index (κ1) is 18.2. The molecule has 2 aliphatic heterocycles. The maximum absolute atomic E-state index is 11.9. The van der Waals surface area contributed by atoms with Crippen molar-refractivity contribution in [3.63, 3.8) is 0 Å². The molecule has 2 saturated heterocycles. The lowest BCUT2D eigenvalue weighted by Crippen LogP contribution is -2.53. The lowest BCUT2D eigenvalue weighted by Gasteiger charge is -2.37. The molecule has 2 aliphatic rings. The van der Waals surface area contributed by atoms with Crippen LogP contribution >= 0.6 is 0 Å². The van der Waals surface area contributed by atoms with E-state index in [4.69, 9.17) is 0 Å². The van der Waals surface area contributed by atoms with E-state index in [2.05, 4.69) is 44.4 Å². The molecule has 1 N–H and O–H groups in total. The topological polar surface area (TPSA) is 68.2 Å². The number of anilines is 1. The highest BCUT2D eigenvalue weighted by Gasteiger charge is 2.25. The van der Waals surface area contributed by atoms with Crippen LogP contribution in [0.5, 0.6) is 0 Å². The fourth-order valence-corrected chi connectivity index (χ4v) is 3.48. The molecule has 0 saturated carbocycles. The number of nitrogens with one attached hydrogen (secondary N) is 1. The van der Waals surface area contributed by atoms with Crippen molar-refractivity contribution in [3.05, 3.63) is 30.3 Å². The zero-order valence-electron chi connectivity index (χ0n) is 15.4. The molecule has 1 aromatic carbocycles. The Balaban J connectivity index is 1.46. The molecule has 0 aromatic heterocycles. The molecule has 140 valence electrons. The van der Waals surface area contributed by atoms with Gasteiger partial charge in [0.25, 0.3) is 0 Å². The van der Waals surface area contributed by atoms with Gasteiger partial charge in [-0.2, -0.15) is 0 Å². The second-order valence-corrected chi connectivity index (χ2v) is 6.58. The van der Waals surface area contributed by atoms with E-state index < -0.39 is 0 Å². The number of amides is 2. The van der Waals surface area contributed by atoms with Gasteiger partial charge in [0.1, 0.15) is 0 Å². The Hall–Kier alpha value is -2.57. The average molecular weight is 357 g/mol. The fourth-order valence-electron chi connectivity index (χ4n) is 3.48. The number of nitrogens with zero attached hydrogens (tertiary/aromatic N) is 4. The van der Waals surface area contributed by atoms with E-state index in [1.165, 1.54) is 10.6 Å². The van der Waals surface area contributed by atoms with Crippen LogP contribution in [-0.4, -0.2) is 73.9 Å². The molecule has 7 nitrogen and oxygen atoms in total. The highest BCUT2D eigenvalue weighted by atomic mass is 16.2. The van der Waals surface area contributed by atoms with Crippen LogP contribution in [0, 0.1) is 0 Å². The zero-order valence-corrected chi connectivity index (χ0v) is 15.4. The fraction of sp³-hybridized carbons (Fsp3) is 0.526. The number of benzene rings is 1. The molecule has 1 aromatic rings. The highest BCUT2D eigenvalue weighted by molar-refractivity contribution is 5.97. The van der Waals surface area contributed by atoms with Crippen LogP contribution in [0.2, 0.25) is 0 Å². The van der Waals surface area contributed by atoms with Crippen molar-refractivity contribution in [2.24, 2.45) is 4.99 Å². The molecule has 0 unspecified atom stereocenters. The number of carbonyl (C=O) groups excluding carboxylic acids is 2. The smallest absolute Gasteiger partial charge is 0.229 e. The predicted octanol–water partition coefficient (Wildman–Crippen LogP) is 0.923. The minimum atomic E-state index is -0.0606. The van der Waals surface area contributed by atoms with E-state index in [1.54, 1.807) is 7.05 Å². The standard InChI is InChI=1S/C19H27N5O2/c1-20-19(21-10-11-24-17(25)8-5-9-18(24)26)23-14-12-22(13-15-23)16-6-3-2-4-7-16/h2-4,6-7H,5,8-15H2,1H3,(H,20,21). The highest BCUT2D eigenvalue weighted by Crippen LogP contribution is 2.15. The molecule has 0 radical (unpaired) electrons. The van der Waals surface area contributed by atoms with Crippen LogP contribution < -0.4 is 10.2 Å². The predicted molar refractivity (Wildman–Crippen MR) is 102 cm³/mol. The number of likely N-dealkylation sites (tertiary alicyclic amines) is 1. The largest absolute Gasteiger partial charge is 0.368 e. The second kappa shape index (κ2) is 8.69. The molecule has 0 atom stereocenters. The van der Waals surface area contributed by atoms with Crippen molar-refractivity contribution >= 4 is 23.5 Å². The van der Waals surface area contributed by atoms with E-state index >= 15 is 0 Å². The molecule has 3 rings (SSSR count). The second-order valence-electron chi connectivity index (χ2n) is 6.58. The van der Waals surface area contributed by atoms with Gasteiger partial charge in [0, 0.05) is 64.8 Å². The van der Waals surface area contributed by atoms with Crippen LogP contribution in [0.15, 0.2) is 35.3 Å². The monoisotopic (exact) mass is 357 g/mol. The quantitative estimate of drug-likeness (QED) is 0.493. The summed E-state index contributed by atoms with van der Waals surface area (Å²) in [6.07, 6.45) is 1.62. The van der Waals surface area contributed by atoms with Crippen LogP contribution in [-0.2, 0) is 9.59 Å². The zero-order chi connectivity index (χ0) is 18.4. The van der Waals surface area contributed by atoms with Gasteiger partial charge in [-0.05, 0) is 18.6 Å². The summed E-state index contributed by atoms with van der Waals surface area (Å²) in [7, 11) is 1.77. The number of aliphatic imine (C=N–C) groups is 1. The number of piperazine rings is 1. The summed E-state index contributed by atoms with van der Waals surface area (Å²) in [5.41, 5.74) is 1.25. The van der Waals surface area contributed by atoms with Crippen molar-refractivity contribution in [1.82, 2.24) is 15.1 Å². The average Bonchev–Trinajstić information content (AvgIpc) is 2.68. The summed E-state index contributed by atoms with van der Waals surface area (Å²) in [6.45, 7) is 4.58. The summed E-state index contributed by atoms with van der Waals surface area (Å²) in [6, 6.07) is 10.4. The molecule has 26 heavy (non-hydrogen) atoms. The Morgan fingerprint density at radius 3 is 2.31 bits per heavy atom. The Bertz CT molecular complexity index is 637.